The molecule has 1 heterocycles. The van der Waals surface area contributed by atoms with Crippen molar-refractivity contribution in [3.05, 3.63) is 59.9 Å². The van der Waals surface area contributed by atoms with Gasteiger partial charge in [0.1, 0.15) is 0 Å². The van der Waals surface area contributed by atoms with Crippen molar-refractivity contribution in [1.29, 1.82) is 0 Å². The third-order valence-electron chi connectivity index (χ3n) is 2.79. The van der Waals surface area contributed by atoms with Gasteiger partial charge in [-0.3, -0.25) is 15.2 Å². The number of benzene rings is 1. The van der Waals surface area contributed by atoms with Crippen molar-refractivity contribution in [2.24, 2.45) is 5.84 Å². The molecule has 104 valence electrons. The highest BCUT2D eigenvalue weighted by Gasteiger charge is 2.08. The second-order valence-electron chi connectivity index (χ2n) is 4.07. The van der Waals surface area contributed by atoms with Gasteiger partial charge < -0.3 is 4.31 Å². The quantitative estimate of drug-likeness (QED) is 0.381. The van der Waals surface area contributed by atoms with Gasteiger partial charge in [0.2, 0.25) is 0 Å². The molecule has 0 atom stereocenters. The van der Waals surface area contributed by atoms with Crippen molar-refractivity contribution in [3.63, 3.8) is 0 Å². The summed E-state index contributed by atoms with van der Waals surface area (Å²) in [5, 5.41) is 0. The maximum Gasteiger partial charge on any atom is 0.266 e. The van der Waals surface area contributed by atoms with Crippen molar-refractivity contribution in [3.8, 4) is 0 Å². The Hall–Kier alpha value is -2.05. The first-order valence-electron chi connectivity index (χ1n) is 6.07. The maximum absolute atomic E-state index is 11.3. The number of aromatic nitrogens is 1. The Morgan fingerprint density at radius 3 is 2.60 bits per heavy atom. The van der Waals surface area contributed by atoms with Crippen LogP contribution in [0.15, 0.2) is 48.7 Å². The average molecular weight is 288 g/mol. The Labute approximate surface area is 122 Å². The lowest BCUT2D eigenvalue weighted by molar-refractivity contribution is 0.0953. The van der Waals surface area contributed by atoms with E-state index in [1.54, 1.807) is 18.0 Å². The Bertz CT molecular complexity index is 559. The van der Waals surface area contributed by atoms with Crippen molar-refractivity contribution in [2.45, 2.75) is 6.54 Å². The fraction of sp³-hybridized carbons (Fsp3) is 0.143. The lowest BCUT2D eigenvalue weighted by atomic mass is 10.2. The predicted octanol–water partition coefficient (Wildman–Crippen LogP) is 1.97. The minimum Gasteiger partial charge on any atom is -0.310 e. The molecule has 1 aromatic carbocycles. The Balaban J connectivity index is 2.10. The van der Waals surface area contributed by atoms with Crippen LogP contribution < -0.4 is 15.6 Å². The Morgan fingerprint density at radius 2 is 2.05 bits per heavy atom. The van der Waals surface area contributed by atoms with Gasteiger partial charge in [0.05, 0.1) is 17.8 Å². The number of hydrogen-bond donors (Lipinski definition) is 2. The van der Waals surface area contributed by atoms with Gasteiger partial charge in [-0.05, 0) is 24.3 Å². The standard InChI is InChI=1S/C14H16N4OS/c1-20-18(13-5-3-2-4-6-13)10-12-8-7-11(9-16-12)14(19)17-15/h2-9H,10,15H2,1H3,(H,17,19). The molecule has 0 radical (unpaired) electrons. The van der Waals surface area contributed by atoms with Gasteiger partial charge in [-0.25, -0.2) is 5.84 Å². The molecular formula is C14H16N4OS. The molecule has 1 amide bonds. The number of hydrazine groups is 1. The molecule has 6 heteroatoms. The van der Waals surface area contributed by atoms with Crippen LogP contribution in [0.25, 0.3) is 0 Å². The highest BCUT2D eigenvalue weighted by Crippen LogP contribution is 2.22. The van der Waals surface area contributed by atoms with Crippen molar-refractivity contribution >= 4 is 23.5 Å². The topological polar surface area (TPSA) is 71.2 Å². The number of nitrogens with zero attached hydrogens (tertiary/aromatic N) is 2. The van der Waals surface area contributed by atoms with Crippen LogP contribution in [0.1, 0.15) is 16.1 Å². The summed E-state index contributed by atoms with van der Waals surface area (Å²) in [4.78, 5) is 15.6. The summed E-state index contributed by atoms with van der Waals surface area (Å²) >= 11 is 1.63. The predicted molar refractivity (Wildman–Crippen MR) is 82.0 cm³/mol. The van der Waals surface area contributed by atoms with Gasteiger partial charge in [-0.1, -0.05) is 30.1 Å². The summed E-state index contributed by atoms with van der Waals surface area (Å²) in [7, 11) is 0. The van der Waals surface area contributed by atoms with E-state index in [1.165, 1.54) is 6.20 Å². The van der Waals surface area contributed by atoms with E-state index in [1.807, 2.05) is 42.7 Å². The van der Waals surface area contributed by atoms with E-state index in [2.05, 4.69) is 14.7 Å². The maximum atomic E-state index is 11.3. The Morgan fingerprint density at radius 1 is 1.30 bits per heavy atom. The zero-order valence-corrected chi connectivity index (χ0v) is 11.9. The molecule has 2 rings (SSSR count). The lowest BCUT2D eigenvalue weighted by Crippen LogP contribution is -2.30. The summed E-state index contributed by atoms with van der Waals surface area (Å²) in [5.41, 5.74) is 4.54. The number of carbonyl (C=O) groups excluding carboxylic acids is 1. The number of rotatable bonds is 5. The number of hydrogen-bond acceptors (Lipinski definition) is 5. The van der Waals surface area contributed by atoms with Crippen LogP contribution in [0, 0.1) is 0 Å². The van der Waals surface area contributed by atoms with Crippen molar-refractivity contribution in [2.75, 3.05) is 10.6 Å². The third kappa shape index (κ3) is 3.49. The molecule has 0 aliphatic heterocycles. The van der Waals surface area contributed by atoms with Gasteiger partial charge in [0, 0.05) is 18.1 Å². The summed E-state index contributed by atoms with van der Waals surface area (Å²) < 4.78 is 2.13. The van der Waals surface area contributed by atoms with E-state index in [0.29, 0.717) is 12.1 Å². The molecular weight excluding hydrogens is 272 g/mol. The fourth-order valence-corrected chi connectivity index (χ4v) is 2.33. The zero-order chi connectivity index (χ0) is 14.4. The molecule has 20 heavy (non-hydrogen) atoms. The molecule has 1 aromatic heterocycles. The largest absolute Gasteiger partial charge is 0.310 e. The van der Waals surface area contributed by atoms with Crippen LogP contribution in [0.4, 0.5) is 5.69 Å². The first kappa shape index (κ1) is 14.4. The van der Waals surface area contributed by atoms with Gasteiger partial charge >= 0.3 is 0 Å². The monoisotopic (exact) mass is 288 g/mol. The highest BCUT2D eigenvalue weighted by atomic mass is 32.2. The van der Waals surface area contributed by atoms with E-state index >= 15 is 0 Å². The van der Waals surface area contributed by atoms with Crippen LogP contribution in [-0.4, -0.2) is 17.1 Å². The molecule has 0 saturated carbocycles. The molecule has 5 nitrogen and oxygen atoms in total. The average Bonchev–Trinajstić information content (AvgIpc) is 2.53. The smallest absolute Gasteiger partial charge is 0.266 e. The van der Waals surface area contributed by atoms with E-state index in [4.69, 9.17) is 5.84 Å². The van der Waals surface area contributed by atoms with E-state index in [0.717, 1.165) is 11.4 Å². The summed E-state index contributed by atoms with van der Waals surface area (Å²) in [6.07, 6.45) is 3.55. The van der Waals surface area contributed by atoms with E-state index in [9.17, 15) is 4.79 Å². The molecule has 0 aliphatic rings. The molecule has 0 fully saturated rings. The number of amides is 1. The van der Waals surface area contributed by atoms with Crippen molar-refractivity contribution in [1.82, 2.24) is 10.4 Å². The normalized spacial score (nSPS) is 10.1. The van der Waals surface area contributed by atoms with Crippen LogP contribution in [-0.2, 0) is 6.54 Å². The SMILES string of the molecule is CSN(Cc1ccc(C(=O)NN)cn1)c1ccccc1. The van der Waals surface area contributed by atoms with Gasteiger partial charge in [-0.2, -0.15) is 0 Å². The molecule has 0 spiro atoms. The number of anilines is 1. The van der Waals surface area contributed by atoms with Crippen LogP contribution in [0.2, 0.25) is 0 Å². The number of nitrogens with two attached hydrogens (primary N) is 1. The van der Waals surface area contributed by atoms with Crippen LogP contribution in [0.5, 0.6) is 0 Å². The highest BCUT2D eigenvalue weighted by molar-refractivity contribution is 7.99. The fourth-order valence-electron chi connectivity index (χ4n) is 1.74. The second kappa shape index (κ2) is 6.93. The molecule has 0 bridgehead atoms. The first-order chi connectivity index (χ1) is 9.74. The summed E-state index contributed by atoms with van der Waals surface area (Å²) in [6, 6.07) is 13.6. The number of nitrogen functional groups attached to an aromatic ring is 1. The van der Waals surface area contributed by atoms with Crippen LogP contribution in [0.3, 0.4) is 0 Å². The van der Waals surface area contributed by atoms with E-state index in [-0.39, 0.29) is 5.91 Å². The number of carbonyl (C=O) groups is 1. The first-order valence-corrected chi connectivity index (χ1v) is 7.25. The summed E-state index contributed by atoms with van der Waals surface area (Å²) in [5.74, 6) is 4.74. The molecule has 0 aliphatic carbocycles. The number of nitrogens with one attached hydrogen (secondary N) is 1. The number of pyridine rings is 1. The second-order valence-corrected chi connectivity index (χ2v) is 4.87. The summed E-state index contributed by atoms with van der Waals surface area (Å²) in [6.45, 7) is 0.662. The van der Waals surface area contributed by atoms with Gasteiger partial charge in [0.25, 0.3) is 5.91 Å². The molecule has 3 N–H and O–H groups in total. The minimum atomic E-state index is -0.339. The third-order valence-corrected chi connectivity index (χ3v) is 3.57. The molecule has 2 aromatic rings. The molecule has 0 saturated heterocycles. The van der Waals surface area contributed by atoms with E-state index < -0.39 is 0 Å². The minimum absolute atomic E-state index is 0.339. The van der Waals surface area contributed by atoms with Gasteiger partial charge in [-0.15, -0.1) is 0 Å². The zero-order valence-electron chi connectivity index (χ0n) is 11.1. The lowest BCUT2D eigenvalue weighted by Gasteiger charge is -2.21. The van der Waals surface area contributed by atoms with Gasteiger partial charge in [0.15, 0.2) is 0 Å². The number of para-hydroxylation sites is 1. The van der Waals surface area contributed by atoms with Crippen molar-refractivity contribution < 1.29 is 4.79 Å². The Kier molecular flexibility index (Phi) is 4.97. The van der Waals surface area contributed by atoms with Crippen LogP contribution >= 0.6 is 11.9 Å². The molecule has 0 unspecified atom stereocenters.